The smallest absolute Gasteiger partial charge is 0.252 e. The van der Waals surface area contributed by atoms with Crippen molar-refractivity contribution < 1.29 is 27.1 Å². The van der Waals surface area contributed by atoms with E-state index in [0.717, 1.165) is 5.56 Å². The van der Waals surface area contributed by atoms with Gasteiger partial charge in [-0.15, -0.1) is 11.8 Å². The zero-order valence-electron chi connectivity index (χ0n) is 25.1. The number of carbonyl (C=O) groups excluding carboxylic acids is 1. The molecule has 1 aliphatic rings. The van der Waals surface area contributed by atoms with Gasteiger partial charge in [-0.05, 0) is 42.3 Å². The molecule has 15 heteroatoms. The molecule has 248 valence electrons. The molecule has 0 saturated carbocycles. The average Bonchev–Trinajstić information content (AvgIpc) is 3.09. The number of nitrogens with two attached hydrogens (primary N) is 3. The van der Waals surface area contributed by atoms with Crippen molar-refractivity contribution in [2.24, 2.45) is 22.5 Å². The standard InChI is InChI=1S/C32H34F4N8O2S/c33-23-17-24(34)30(36)31(29(23)35)47-19-22-8-10-26(46-16-13-20-5-2-1-3-6-20)25(9-11-27(37)42-38)44(22)15-4-14-40-32(45)21-7-12-28(43-39)41-18-21/h1-3,5-12,17-18,22H,4,13-16,19,38-39H2,(H2,37,42)(H,40,45)(H,41,43). The van der Waals surface area contributed by atoms with Gasteiger partial charge < -0.3 is 32.0 Å². The second-order valence-electron chi connectivity index (χ2n) is 10.1. The van der Waals surface area contributed by atoms with Crippen LogP contribution in [-0.4, -0.2) is 53.1 Å². The first-order chi connectivity index (χ1) is 22.7. The Hall–Kier alpha value is -5.02. The summed E-state index contributed by atoms with van der Waals surface area (Å²) in [5.41, 5.74) is 10.2. The quantitative estimate of drug-likeness (QED) is 0.0232. The number of hydrazine groups is 1. The highest BCUT2D eigenvalue weighted by Gasteiger charge is 2.27. The maximum atomic E-state index is 14.5. The fourth-order valence-electron chi connectivity index (χ4n) is 4.58. The molecule has 1 amide bonds. The fraction of sp³-hybridized carbons (Fsp3) is 0.219. The Labute approximate surface area is 273 Å². The van der Waals surface area contributed by atoms with Crippen LogP contribution in [0.1, 0.15) is 22.3 Å². The van der Waals surface area contributed by atoms with Crippen molar-refractivity contribution in [3.8, 4) is 0 Å². The predicted octanol–water partition coefficient (Wildman–Crippen LogP) is 4.33. The third-order valence-electron chi connectivity index (χ3n) is 6.99. The van der Waals surface area contributed by atoms with Gasteiger partial charge in [0.25, 0.3) is 5.91 Å². The topological polar surface area (TPSA) is 157 Å². The number of aromatic nitrogens is 1. The Morgan fingerprint density at radius 1 is 1.11 bits per heavy atom. The second kappa shape index (κ2) is 17.1. The molecule has 0 radical (unpaired) electrons. The van der Waals surface area contributed by atoms with E-state index in [0.29, 0.717) is 60.6 Å². The number of thioether (sulfide) groups is 1. The number of carbonyl (C=O) groups is 1. The highest BCUT2D eigenvalue weighted by molar-refractivity contribution is 7.99. The number of hydrazone groups is 1. The summed E-state index contributed by atoms with van der Waals surface area (Å²) >= 11 is 0.634. The predicted molar refractivity (Wildman–Crippen MR) is 174 cm³/mol. The SMILES string of the molecule is NN=C(N)C=CC1=C(OCCc2ccccc2)C=CC(CSc2c(F)c(F)cc(F)c2F)N1CCCNC(=O)c1ccc(NN)nc1. The van der Waals surface area contributed by atoms with E-state index in [4.69, 9.17) is 22.2 Å². The van der Waals surface area contributed by atoms with Crippen LogP contribution in [0, 0.1) is 23.3 Å². The van der Waals surface area contributed by atoms with Gasteiger partial charge in [0.2, 0.25) is 0 Å². The summed E-state index contributed by atoms with van der Waals surface area (Å²) < 4.78 is 63.0. The molecule has 4 rings (SSSR count). The molecule has 0 bridgehead atoms. The van der Waals surface area contributed by atoms with Crippen LogP contribution in [0.5, 0.6) is 0 Å². The first kappa shape index (κ1) is 34.8. The van der Waals surface area contributed by atoms with Crippen molar-refractivity contribution in [1.29, 1.82) is 0 Å². The molecule has 0 saturated heterocycles. The Bertz CT molecular complexity index is 1630. The lowest BCUT2D eigenvalue weighted by Gasteiger charge is -2.36. The van der Waals surface area contributed by atoms with E-state index in [1.165, 1.54) is 12.3 Å². The van der Waals surface area contributed by atoms with Crippen LogP contribution in [0.2, 0.25) is 0 Å². The van der Waals surface area contributed by atoms with Crippen LogP contribution >= 0.6 is 11.8 Å². The number of nitrogens with zero attached hydrogens (tertiary/aromatic N) is 3. The maximum Gasteiger partial charge on any atom is 0.252 e. The van der Waals surface area contributed by atoms with Gasteiger partial charge in [-0.2, -0.15) is 5.10 Å². The van der Waals surface area contributed by atoms with E-state index in [1.807, 2.05) is 35.2 Å². The molecule has 2 heterocycles. The number of halogens is 4. The number of amidine groups is 1. The molecule has 0 spiro atoms. The van der Waals surface area contributed by atoms with Gasteiger partial charge in [-0.1, -0.05) is 36.4 Å². The van der Waals surface area contributed by atoms with Crippen molar-refractivity contribution in [2.75, 3.05) is 30.9 Å². The van der Waals surface area contributed by atoms with Gasteiger partial charge in [-0.3, -0.25) is 4.79 Å². The Balaban J connectivity index is 1.56. The van der Waals surface area contributed by atoms with Crippen molar-refractivity contribution in [1.82, 2.24) is 15.2 Å². The lowest BCUT2D eigenvalue weighted by Crippen LogP contribution is -2.39. The average molecular weight is 671 g/mol. The summed E-state index contributed by atoms with van der Waals surface area (Å²) in [5.74, 6) is 5.29. The largest absolute Gasteiger partial charge is 0.491 e. The number of rotatable bonds is 15. The summed E-state index contributed by atoms with van der Waals surface area (Å²) in [6, 6.07) is 12.5. The maximum absolute atomic E-state index is 14.5. The molecule has 3 aromatic rings. The minimum absolute atomic E-state index is 0.00187. The van der Waals surface area contributed by atoms with Gasteiger partial charge in [0.15, 0.2) is 23.3 Å². The van der Waals surface area contributed by atoms with Crippen LogP contribution in [-0.2, 0) is 11.2 Å². The van der Waals surface area contributed by atoms with E-state index in [-0.39, 0.29) is 30.1 Å². The van der Waals surface area contributed by atoms with E-state index in [1.54, 1.807) is 30.4 Å². The van der Waals surface area contributed by atoms with Gasteiger partial charge in [0.1, 0.15) is 17.4 Å². The summed E-state index contributed by atoms with van der Waals surface area (Å²) in [6.45, 7) is 0.898. The summed E-state index contributed by atoms with van der Waals surface area (Å²) in [6.07, 6.45) is 9.03. The number of benzene rings is 2. The van der Waals surface area contributed by atoms with E-state index in [2.05, 4.69) is 20.8 Å². The molecule has 47 heavy (non-hydrogen) atoms. The number of nitrogen functional groups attached to an aromatic ring is 1. The number of hydrogen-bond acceptors (Lipinski definition) is 9. The number of anilines is 1. The van der Waals surface area contributed by atoms with E-state index >= 15 is 0 Å². The van der Waals surface area contributed by atoms with Crippen molar-refractivity contribution >= 4 is 29.3 Å². The fourth-order valence-corrected chi connectivity index (χ4v) is 5.66. The van der Waals surface area contributed by atoms with Crippen LogP contribution in [0.3, 0.4) is 0 Å². The van der Waals surface area contributed by atoms with Crippen LogP contribution in [0.15, 0.2) is 100 Å². The third-order valence-corrected chi connectivity index (χ3v) is 8.14. The van der Waals surface area contributed by atoms with E-state index in [9.17, 15) is 22.4 Å². The molecule has 10 nitrogen and oxygen atoms in total. The van der Waals surface area contributed by atoms with Crippen molar-refractivity contribution in [3.63, 3.8) is 0 Å². The number of ether oxygens (including phenoxy) is 1. The minimum atomic E-state index is -1.49. The number of hydrogen-bond donors (Lipinski definition) is 5. The zero-order chi connectivity index (χ0) is 33.8. The lowest BCUT2D eigenvalue weighted by atomic mass is 10.1. The monoisotopic (exact) mass is 670 g/mol. The lowest BCUT2D eigenvalue weighted by molar-refractivity contribution is 0.0951. The molecule has 2 aromatic carbocycles. The number of pyridine rings is 1. The molecule has 1 aliphatic heterocycles. The molecule has 1 atom stereocenters. The molecule has 0 aliphatic carbocycles. The van der Waals surface area contributed by atoms with Crippen LogP contribution in [0.4, 0.5) is 23.4 Å². The molecule has 1 unspecified atom stereocenters. The van der Waals surface area contributed by atoms with Gasteiger partial charge in [-0.25, -0.2) is 28.4 Å². The van der Waals surface area contributed by atoms with Crippen molar-refractivity contribution in [2.45, 2.75) is 23.8 Å². The molecule has 8 N–H and O–H groups in total. The highest BCUT2D eigenvalue weighted by atomic mass is 32.2. The first-order valence-corrected chi connectivity index (χ1v) is 15.4. The van der Waals surface area contributed by atoms with Gasteiger partial charge >= 0.3 is 0 Å². The highest BCUT2D eigenvalue weighted by Crippen LogP contribution is 2.33. The number of amides is 1. The molecular weight excluding hydrogens is 636 g/mol. The van der Waals surface area contributed by atoms with Crippen LogP contribution in [0.25, 0.3) is 0 Å². The number of nitrogens with one attached hydrogen (secondary N) is 2. The van der Waals surface area contributed by atoms with Gasteiger partial charge in [0, 0.05) is 37.5 Å². The third kappa shape index (κ3) is 9.50. The molecular formula is C32H34F4N8O2S. The molecule has 1 aromatic heterocycles. The number of allylic oxidation sites excluding steroid dienone is 2. The summed E-state index contributed by atoms with van der Waals surface area (Å²) in [7, 11) is 0. The Morgan fingerprint density at radius 2 is 1.85 bits per heavy atom. The van der Waals surface area contributed by atoms with E-state index < -0.39 is 34.2 Å². The Kier molecular flexibility index (Phi) is 12.6. The Morgan fingerprint density at radius 3 is 2.51 bits per heavy atom. The zero-order valence-corrected chi connectivity index (χ0v) is 26.0. The molecule has 0 fully saturated rings. The second-order valence-corrected chi connectivity index (χ2v) is 11.2. The summed E-state index contributed by atoms with van der Waals surface area (Å²) in [4.78, 5) is 17.8. The van der Waals surface area contributed by atoms with Crippen LogP contribution < -0.4 is 28.2 Å². The first-order valence-electron chi connectivity index (χ1n) is 14.5. The van der Waals surface area contributed by atoms with Gasteiger partial charge in [0.05, 0.1) is 28.8 Å². The van der Waals surface area contributed by atoms with Crippen molar-refractivity contribution in [3.05, 3.63) is 125 Å². The summed E-state index contributed by atoms with van der Waals surface area (Å²) in [5, 5.41) is 6.31. The normalized spacial score (nSPS) is 15.0. The minimum Gasteiger partial charge on any atom is -0.491 e.